The maximum atomic E-state index is 12.4. The lowest BCUT2D eigenvalue weighted by atomic mass is 10.0. The molecule has 2 aromatic carbocycles. The van der Waals surface area contributed by atoms with Crippen molar-refractivity contribution in [2.75, 3.05) is 19.7 Å². The number of nitrogens with zero attached hydrogens (tertiary/aromatic N) is 2. The zero-order valence-electron chi connectivity index (χ0n) is 17.3. The molecule has 0 bridgehead atoms. The van der Waals surface area contributed by atoms with E-state index in [0.717, 1.165) is 35.2 Å². The smallest absolute Gasteiger partial charge is 0.408 e. The van der Waals surface area contributed by atoms with Gasteiger partial charge in [-0.25, -0.2) is 4.79 Å². The fourth-order valence-electron chi connectivity index (χ4n) is 3.65. The number of amides is 1. The molecule has 2 atom stereocenters. The Hall–Kier alpha value is -3.41. The number of rotatable bonds is 5. The van der Waals surface area contributed by atoms with Crippen LogP contribution in [0.1, 0.15) is 12.0 Å². The van der Waals surface area contributed by atoms with Crippen molar-refractivity contribution in [1.82, 2.24) is 15.2 Å². The number of nitriles is 1. The number of carbonyl (C=O) groups is 1. The third-order valence-corrected chi connectivity index (χ3v) is 5.43. The Morgan fingerprint density at radius 3 is 2.84 bits per heavy atom. The van der Waals surface area contributed by atoms with E-state index in [0.29, 0.717) is 25.2 Å². The van der Waals surface area contributed by atoms with Crippen molar-refractivity contribution in [1.29, 1.82) is 5.26 Å². The van der Waals surface area contributed by atoms with Crippen LogP contribution in [0.5, 0.6) is 0 Å². The first-order valence-electron chi connectivity index (χ1n) is 10.3. The molecule has 160 valence electrons. The van der Waals surface area contributed by atoms with Crippen LogP contribution in [0.2, 0.25) is 0 Å². The highest BCUT2D eigenvalue weighted by Crippen LogP contribution is 2.24. The van der Waals surface area contributed by atoms with Crippen molar-refractivity contribution < 1.29 is 13.9 Å². The minimum atomic E-state index is -0.637. The lowest BCUT2D eigenvalue weighted by Gasteiger charge is -2.18. The molecule has 0 saturated carbocycles. The third kappa shape index (κ3) is 4.68. The predicted molar refractivity (Wildman–Crippen MR) is 115 cm³/mol. The molecule has 3 aromatic rings. The van der Waals surface area contributed by atoms with E-state index in [-0.39, 0.29) is 5.91 Å². The summed E-state index contributed by atoms with van der Waals surface area (Å²) in [5, 5.41) is 15.4. The fraction of sp³-hybridized carbons (Fsp3) is 0.348. The lowest BCUT2D eigenvalue weighted by Crippen LogP contribution is -2.46. The van der Waals surface area contributed by atoms with Gasteiger partial charge in [-0.1, -0.05) is 30.3 Å². The number of aryl methyl sites for hydroxylation is 1. The predicted octanol–water partition coefficient (Wildman–Crippen LogP) is 1.73. The van der Waals surface area contributed by atoms with Crippen LogP contribution < -0.4 is 16.4 Å². The summed E-state index contributed by atoms with van der Waals surface area (Å²) in [6.45, 7) is 1.80. The maximum absolute atomic E-state index is 12.4. The van der Waals surface area contributed by atoms with Crippen LogP contribution in [0.3, 0.4) is 0 Å². The van der Waals surface area contributed by atoms with Crippen LogP contribution in [-0.4, -0.2) is 42.3 Å². The summed E-state index contributed by atoms with van der Waals surface area (Å²) in [5.74, 6) is -0.659. The Kier molecular flexibility index (Phi) is 6.16. The molecule has 0 radical (unpaired) electrons. The topological polar surface area (TPSA) is 109 Å². The third-order valence-electron chi connectivity index (χ3n) is 5.43. The van der Waals surface area contributed by atoms with Gasteiger partial charge in [0.05, 0.1) is 11.6 Å². The van der Waals surface area contributed by atoms with E-state index in [1.807, 2.05) is 36.4 Å². The molecule has 2 N–H and O–H groups in total. The molecule has 1 fully saturated rings. The van der Waals surface area contributed by atoms with Crippen molar-refractivity contribution in [3.05, 3.63) is 58.6 Å². The Morgan fingerprint density at radius 2 is 2.06 bits per heavy atom. The number of aromatic nitrogens is 1. The summed E-state index contributed by atoms with van der Waals surface area (Å²) in [6, 6.07) is 14.9. The maximum Gasteiger partial charge on any atom is 0.419 e. The molecule has 1 aliphatic heterocycles. The monoisotopic (exact) mass is 420 g/mol. The van der Waals surface area contributed by atoms with Crippen molar-refractivity contribution in [3.63, 3.8) is 0 Å². The average Bonchev–Trinajstić information content (AvgIpc) is 2.96. The zero-order chi connectivity index (χ0) is 21.8. The van der Waals surface area contributed by atoms with Gasteiger partial charge in [0, 0.05) is 26.6 Å². The van der Waals surface area contributed by atoms with Crippen LogP contribution in [-0.2, 0) is 23.0 Å². The standard InChI is InChI=1S/C23H24N4O4/c1-27-19-12-17(7-8-20(19)31-23(27)29)16-5-3-15(4-6-16)11-18(13-24)26-22(28)21-14-25-9-2-10-30-21/h3-8,12,18,21,25H,2,9-11,14H2,1H3,(H,26,28)/t18?,21-/m1/s1. The van der Waals surface area contributed by atoms with E-state index in [1.54, 1.807) is 13.1 Å². The van der Waals surface area contributed by atoms with Gasteiger partial charge in [-0.15, -0.1) is 0 Å². The number of oxazole rings is 1. The number of fused-ring (bicyclic) bond motifs is 1. The quantitative estimate of drug-likeness (QED) is 0.651. The van der Waals surface area contributed by atoms with Gasteiger partial charge in [0.25, 0.3) is 5.91 Å². The van der Waals surface area contributed by atoms with Crippen molar-refractivity contribution >= 4 is 17.0 Å². The summed E-state index contributed by atoms with van der Waals surface area (Å²) in [6.07, 6.45) is 0.689. The van der Waals surface area contributed by atoms with Gasteiger partial charge in [-0.2, -0.15) is 5.26 Å². The van der Waals surface area contributed by atoms with Gasteiger partial charge in [0.2, 0.25) is 0 Å². The molecule has 0 aliphatic carbocycles. The van der Waals surface area contributed by atoms with Gasteiger partial charge in [0.1, 0.15) is 12.1 Å². The first-order chi connectivity index (χ1) is 15.0. The minimum Gasteiger partial charge on any atom is -0.408 e. The Labute approximate surface area is 179 Å². The molecule has 4 rings (SSSR count). The molecule has 31 heavy (non-hydrogen) atoms. The van der Waals surface area contributed by atoms with Crippen LogP contribution in [0.15, 0.2) is 51.7 Å². The Balaban J connectivity index is 1.43. The molecular weight excluding hydrogens is 396 g/mol. The summed E-state index contributed by atoms with van der Waals surface area (Å²) < 4.78 is 12.2. The highest BCUT2D eigenvalue weighted by Gasteiger charge is 2.23. The molecule has 1 aliphatic rings. The van der Waals surface area contributed by atoms with Gasteiger partial charge in [-0.05, 0) is 41.8 Å². The second kappa shape index (κ2) is 9.16. The molecular formula is C23H24N4O4. The zero-order valence-corrected chi connectivity index (χ0v) is 17.3. The van der Waals surface area contributed by atoms with Crippen LogP contribution in [0, 0.1) is 11.3 Å². The Morgan fingerprint density at radius 1 is 1.29 bits per heavy atom. The van der Waals surface area contributed by atoms with Crippen molar-refractivity contribution in [2.24, 2.45) is 7.05 Å². The average molecular weight is 420 g/mol. The van der Waals surface area contributed by atoms with Crippen molar-refractivity contribution in [2.45, 2.75) is 25.0 Å². The van der Waals surface area contributed by atoms with Crippen molar-refractivity contribution in [3.8, 4) is 17.2 Å². The fourth-order valence-corrected chi connectivity index (χ4v) is 3.65. The number of carbonyl (C=O) groups excluding carboxylic acids is 1. The largest absolute Gasteiger partial charge is 0.419 e. The van der Waals surface area contributed by atoms with E-state index in [1.165, 1.54) is 4.57 Å². The van der Waals surface area contributed by atoms with Gasteiger partial charge < -0.3 is 19.8 Å². The van der Waals surface area contributed by atoms with Crippen LogP contribution in [0.4, 0.5) is 0 Å². The number of ether oxygens (including phenoxy) is 1. The summed E-state index contributed by atoms with van der Waals surface area (Å²) in [5.41, 5.74) is 4.16. The first-order valence-corrected chi connectivity index (χ1v) is 10.3. The van der Waals surface area contributed by atoms with E-state index in [9.17, 15) is 14.9 Å². The summed E-state index contributed by atoms with van der Waals surface area (Å²) in [7, 11) is 1.67. The normalized spacial score (nSPS) is 17.6. The van der Waals surface area contributed by atoms with E-state index < -0.39 is 17.9 Å². The molecule has 1 amide bonds. The molecule has 1 saturated heterocycles. The van der Waals surface area contributed by atoms with E-state index in [4.69, 9.17) is 9.15 Å². The minimum absolute atomic E-state index is 0.267. The number of hydrogen-bond acceptors (Lipinski definition) is 6. The van der Waals surface area contributed by atoms with E-state index in [2.05, 4.69) is 16.7 Å². The second-order valence-corrected chi connectivity index (χ2v) is 7.62. The number of nitrogens with one attached hydrogen (secondary N) is 2. The second-order valence-electron chi connectivity index (χ2n) is 7.62. The highest BCUT2D eigenvalue weighted by molar-refractivity contribution is 5.82. The number of benzene rings is 2. The number of hydrogen-bond donors (Lipinski definition) is 2. The SMILES string of the molecule is Cn1c(=O)oc2ccc(-c3ccc(CC(C#N)NC(=O)[C@H]4CNCCCO4)cc3)cc21. The molecule has 8 heteroatoms. The molecule has 2 heterocycles. The molecule has 1 unspecified atom stereocenters. The van der Waals surface area contributed by atoms with Gasteiger partial charge in [0.15, 0.2) is 5.58 Å². The summed E-state index contributed by atoms with van der Waals surface area (Å²) >= 11 is 0. The van der Waals surface area contributed by atoms with E-state index >= 15 is 0 Å². The van der Waals surface area contributed by atoms with Gasteiger partial charge >= 0.3 is 5.76 Å². The van der Waals surface area contributed by atoms with Crippen LogP contribution in [0.25, 0.3) is 22.2 Å². The summed E-state index contributed by atoms with van der Waals surface area (Å²) in [4.78, 5) is 24.1. The molecule has 0 spiro atoms. The molecule has 8 nitrogen and oxygen atoms in total. The van der Waals surface area contributed by atoms with Crippen LogP contribution >= 0.6 is 0 Å². The lowest BCUT2D eigenvalue weighted by molar-refractivity contribution is -0.132. The highest BCUT2D eigenvalue weighted by atomic mass is 16.5. The van der Waals surface area contributed by atoms with Gasteiger partial charge in [-0.3, -0.25) is 9.36 Å². The first kappa shape index (κ1) is 20.8. The molecule has 1 aromatic heterocycles. The Bertz CT molecular complexity index is 1160.